The van der Waals surface area contributed by atoms with Gasteiger partial charge in [-0.1, -0.05) is 40.5 Å². The minimum atomic E-state index is 0.583. The quantitative estimate of drug-likeness (QED) is 0.491. The summed E-state index contributed by atoms with van der Waals surface area (Å²) in [5.41, 5.74) is 0.664. The summed E-state index contributed by atoms with van der Waals surface area (Å²) in [5.74, 6) is 1.68. The van der Waals surface area contributed by atoms with E-state index in [0.29, 0.717) is 11.5 Å². The highest BCUT2D eigenvalue weighted by Crippen LogP contribution is 2.50. The lowest BCUT2D eigenvalue weighted by Crippen LogP contribution is -2.50. The Hall–Kier alpha value is -0.0800. The first-order chi connectivity index (χ1) is 11.0. The van der Waals surface area contributed by atoms with Crippen LogP contribution in [-0.4, -0.2) is 37.2 Å². The second kappa shape index (κ2) is 9.42. The van der Waals surface area contributed by atoms with Gasteiger partial charge in [-0.15, -0.1) is 0 Å². The highest BCUT2D eigenvalue weighted by Gasteiger charge is 2.46. The SMILES string of the molecule is CC(C)CCCCN1CCC2(CC1)CC(OCCCC(C)C)C2. The van der Waals surface area contributed by atoms with Crippen molar-refractivity contribution >= 4 is 0 Å². The van der Waals surface area contributed by atoms with E-state index in [9.17, 15) is 0 Å². The number of hydrogen-bond acceptors (Lipinski definition) is 2. The molecule has 1 aliphatic carbocycles. The van der Waals surface area contributed by atoms with E-state index in [1.54, 1.807) is 0 Å². The van der Waals surface area contributed by atoms with Crippen molar-refractivity contribution in [3.8, 4) is 0 Å². The highest BCUT2D eigenvalue weighted by atomic mass is 16.5. The third-order valence-electron chi connectivity index (χ3n) is 6.02. The molecule has 0 bridgehead atoms. The molecule has 0 radical (unpaired) electrons. The molecule has 2 nitrogen and oxygen atoms in total. The number of nitrogens with zero attached hydrogens (tertiary/aromatic N) is 1. The molecule has 2 heteroatoms. The fraction of sp³-hybridized carbons (Fsp3) is 1.00. The second-order valence-electron chi connectivity index (χ2n) is 9.17. The summed E-state index contributed by atoms with van der Waals surface area (Å²) in [6.45, 7) is 14.3. The smallest absolute Gasteiger partial charge is 0.0585 e. The van der Waals surface area contributed by atoms with Crippen LogP contribution in [0, 0.1) is 17.3 Å². The molecule has 1 saturated carbocycles. The van der Waals surface area contributed by atoms with Gasteiger partial charge in [0.1, 0.15) is 0 Å². The summed E-state index contributed by atoms with van der Waals surface area (Å²) < 4.78 is 6.07. The van der Waals surface area contributed by atoms with Crippen LogP contribution in [0.2, 0.25) is 0 Å². The molecule has 0 aromatic rings. The summed E-state index contributed by atoms with van der Waals surface area (Å²) in [4.78, 5) is 2.71. The third kappa shape index (κ3) is 6.74. The molecule has 0 aromatic heterocycles. The van der Waals surface area contributed by atoms with Gasteiger partial charge in [-0.25, -0.2) is 0 Å². The first-order valence-corrected chi connectivity index (χ1v) is 10.3. The lowest BCUT2D eigenvalue weighted by atomic mass is 9.61. The molecule has 1 saturated heterocycles. The van der Waals surface area contributed by atoms with E-state index in [1.165, 1.54) is 77.4 Å². The number of hydrogen-bond donors (Lipinski definition) is 0. The zero-order valence-corrected chi connectivity index (χ0v) is 16.3. The Kier molecular flexibility index (Phi) is 7.88. The van der Waals surface area contributed by atoms with Gasteiger partial charge < -0.3 is 9.64 Å². The summed E-state index contributed by atoms with van der Waals surface area (Å²) in [6, 6.07) is 0. The van der Waals surface area contributed by atoms with E-state index >= 15 is 0 Å². The van der Waals surface area contributed by atoms with E-state index in [-0.39, 0.29) is 0 Å². The van der Waals surface area contributed by atoms with Gasteiger partial charge in [0.05, 0.1) is 6.10 Å². The van der Waals surface area contributed by atoms with Crippen LogP contribution in [0.3, 0.4) is 0 Å². The summed E-state index contributed by atoms with van der Waals surface area (Å²) >= 11 is 0. The van der Waals surface area contributed by atoms with Gasteiger partial charge in [-0.3, -0.25) is 0 Å². The maximum absolute atomic E-state index is 6.07. The Morgan fingerprint density at radius 2 is 1.52 bits per heavy atom. The zero-order valence-electron chi connectivity index (χ0n) is 16.3. The molecule has 2 fully saturated rings. The maximum atomic E-state index is 6.07. The molecule has 1 aliphatic heterocycles. The van der Waals surface area contributed by atoms with Gasteiger partial charge in [0.25, 0.3) is 0 Å². The van der Waals surface area contributed by atoms with Gasteiger partial charge in [-0.05, 0) is 81.8 Å². The van der Waals surface area contributed by atoms with Crippen molar-refractivity contribution in [2.75, 3.05) is 26.2 Å². The van der Waals surface area contributed by atoms with E-state index in [4.69, 9.17) is 4.74 Å². The number of unbranched alkanes of at least 4 members (excludes halogenated alkanes) is 1. The lowest BCUT2D eigenvalue weighted by molar-refractivity contribution is -0.105. The molecule has 0 atom stereocenters. The predicted molar refractivity (Wildman–Crippen MR) is 99.8 cm³/mol. The fourth-order valence-corrected chi connectivity index (χ4v) is 4.31. The average molecular weight is 324 g/mol. The standard InChI is InChI=1S/C21H41NO/c1-18(2)8-5-6-12-22-13-10-21(11-14-22)16-20(17-21)23-15-7-9-19(3)4/h18-20H,5-17H2,1-4H3. The first-order valence-electron chi connectivity index (χ1n) is 10.3. The Labute approximate surface area is 145 Å². The average Bonchev–Trinajstić information content (AvgIpc) is 2.47. The van der Waals surface area contributed by atoms with E-state index in [2.05, 4.69) is 32.6 Å². The zero-order chi connectivity index (χ0) is 16.7. The van der Waals surface area contributed by atoms with E-state index in [1.807, 2.05) is 0 Å². The number of rotatable bonds is 10. The molecule has 136 valence electrons. The molecule has 1 spiro atoms. The third-order valence-corrected chi connectivity index (χ3v) is 6.02. The molecule has 2 aliphatic rings. The normalized spacial score (nSPS) is 22.2. The molecule has 1 heterocycles. The molecule has 0 amide bonds. The molecule has 2 rings (SSSR count). The predicted octanol–water partition coefficient (Wildman–Crippen LogP) is 5.51. The Morgan fingerprint density at radius 3 is 2.13 bits per heavy atom. The van der Waals surface area contributed by atoms with E-state index in [0.717, 1.165) is 18.4 Å². The number of piperidine rings is 1. The van der Waals surface area contributed by atoms with Crippen molar-refractivity contribution in [1.82, 2.24) is 4.90 Å². The van der Waals surface area contributed by atoms with Crippen LogP contribution in [0.5, 0.6) is 0 Å². The number of ether oxygens (including phenoxy) is 1. The largest absolute Gasteiger partial charge is 0.378 e. The summed E-state index contributed by atoms with van der Waals surface area (Å²) in [5, 5.41) is 0. The van der Waals surface area contributed by atoms with Crippen LogP contribution in [-0.2, 0) is 4.74 Å². The Balaban J connectivity index is 1.50. The monoisotopic (exact) mass is 323 g/mol. The van der Waals surface area contributed by atoms with Crippen LogP contribution < -0.4 is 0 Å². The van der Waals surface area contributed by atoms with Gasteiger partial charge in [0.2, 0.25) is 0 Å². The van der Waals surface area contributed by atoms with Crippen molar-refractivity contribution < 1.29 is 4.74 Å². The molecule has 0 unspecified atom stereocenters. The molecule has 23 heavy (non-hydrogen) atoms. The number of likely N-dealkylation sites (tertiary alicyclic amines) is 1. The van der Waals surface area contributed by atoms with E-state index < -0.39 is 0 Å². The second-order valence-corrected chi connectivity index (χ2v) is 9.17. The highest BCUT2D eigenvalue weighted by molar-refractivity contribution is 4.97. The van der Waals surface area contributed by atoms with Crippen molar-refractivity contribution in [3.05, 3.63) is 0 Å². The first kappa shape index (κ1) is 19.2. The van der Waals surface area contributed by atoms with Crippen LogP contribution >= 0.6 is 0 Å². The van der Waals surface area contributed by atoms with Gasteiger partial charge in [0.15, 0.2) is 0 Å². The van der Waals surface area contributed by atoms with Crippen molar-refractivity contribution in [2.24, 2.45) is 17.3 Å². The maximum Gasteiger partial charge on any atom is 0.0585 e. The molecule has 0 aromatic carbocycles. The molecular weight excluding hydrogens is 282 g/mol. The van der Waals surface area contributed by atoms with Crippen molar-refractivity contribution in [1.29, 1.82) is 0 Å². The van der Waals surface area contributed by atoms with Crippen LogP contribution in [0.4, 0.5) is 0 Å². The van der Waals surface area contributed by atoms with Crippen molar-refractivity contribution in [3.63, 3.8) is 0 Å². The summed E-state index contributed by atoms with van der Waals surface area (Å²) in [6.07, 6.45) is 12.9. The van der Waals surface area contributed by atoms with Gasteiger partial charge >= 0.3 is 0 Å². The summed E-state index contributed by atoms with van der Waals surface area (Å²) in [7, 11) is 0. The Bertz CT molecular complexity index is 310. The molecular formula is C21H41NO. The van der Waals surface area contributed by atoms with Crippen molar-refractivity contribution in [2.45, 2.75) is 91.6 Å². The van der Waals surface area contributed by atoms with Crippen LogP contribution in [0.15, 0.2) is 0 Å². The van der Waals surface area contributed by atoms with Crippen LogP contribution in [0.1, 0.15) is 85.5 Å². The van der Waals surface area contributed by atoms with Gasteiger partial charge in [0, 0.05) is 6.61 Å². The van der Waals surface area contributed by atoms with Crippen LogP contribution in [0.25, 0.3) is 0 Å². The Morgan fingerprint density at radius 1 is 0.913 bits per heavy atom. The fourth-order valence-electron chi connectivity index (χ4n) is 4.31. The van der Waals surface area contributed by atoms with Gasteiger partial charge in [-0.2, -0.15) is 0 Å². The topological polar surface area (TPSA) is 12.5 Å². The minimum absolute atomic E-state index is 0.583. The minimum Gasteiger partial charge on any atom is -0.378 e. The lowest BCUT2D eigenvalue weighted by Gasteiger charge is -2.52. The molecule has 0 N–H and O–H groups in total.